The summed E-state index contributed by atoms with van der Waals surface area (Å²) in [4.78, 5) is 29.3. The molecule has 1 aromatic carbocycles. The minimum absolute atomic E-state index is 0.00127. The number of nitrogens with two attached hydrogens (primary N) is 1. The van der Waals surface area contributed by atoms with Crippen molar-refractivity contribution in [2.75, 3.05) is 13.1 Å². The Morgan fingerprint density at radius 2 is 2.25 bits per heavy atom. The molecule has 0 aliphatic carbocycles. The monoisotopic (exact) mass is 329 g/mol. The van der Waals surface area contributed by atoms with Gasteiger partial charge in [0.15, 0.2) is 0 Å². The van der Waals surface area contributed by atoms with Crippen LogP contribution < -0.4 is 5.73 Å². The van der Waals surface area contributed by atoms with E-state index in [1.165, 1.54) is 12.4 Å². The molecule has 1 unspecified atom stereocenters. The van der Waals surface area contributed by atoms with Crippen LogP contribution in [0.25, 0.3) is 5.69 Å². The van der Waals surface area contributed by atoms with Gasteiger partial charge in [0.05, 0.1) is 11.3 Å². The number of nitro groups is 1. The number of carbonyl (C=O) groups is 1. The summed E-state index contributed by atoms with van der Waals surface area (Å²) < 4.78 is 1.55. The molecule has 2 heterocycles. The van der Waals surface area contributed by atoms with Crippen molar-refractivity contribution in [1.29, 1.82) is 0 Å². The average Bonchev–Trinajstić information content (AvgIpc) is 3.15. The number of likely N-dealkylation sites (tertiary alicyclic amines) is 1. The lowest BCUT2D eigenvalue weighted by Crippen LogP contribution is -2.47. The van der Waals surface area contributed by atoms with E-state index >= 15 is 0 Å². The van der Waals surface area contributed by atoms with Gasteiger partial charge in [-0.2, -0.15) is 0 Å². The van der Waals surface area contributed by atoms with Crippen molar-refractivity contribution in [2.45, 2.75) is 25.3 Å². The van der Waals surface area contributed by atoms with Crippen molar-refractivity contribution in [1.82, 2.24) is 14.5 Å². The van der Waals surface area contributed by atoms with Crippen molar-refractivity contribution in [3.05, 3.63) is 52.6 Å². The van der Waals surface area contributed by atoms with Gasteiger partial charge in [-0.15, -0.1) is 0 Å². The number of carbonyl (C=O) groups excluding carboxylic acids is 1. The lowest BCUT2D eigenvalue weighted by molar-refractivity contribution is -0.384. The first kappa shape index (κ1) is 16.1. The molecule has 2 N–H and O–H groups in total. The largest absolute Gasteiger partial charge is 0.334 e. The molecule has 8 nitrogen and oxygen atoms in total. The van der Waals surface area contributed by atoms with Crippen molar-refractivity contribution < 1.29 is 9.72 Å². The van der Waals surface area contributed by atoms with Crippen LogP contribution in [0.4, 0.5) is 5.69 Å². The lowest BCUT2D eigenvalue weighted by atomic mass is 10.0. The summed E-state index contributed by atoms with van der Waals surface area (Å²) in [7, 11) is 0. The number of hydrogen-bond acceptors (Lipinski definition) is 5. The standard InChI is InChI=1S/C16H19N5O3/c17-10-13-3-1-2-7-20(13)16(22)12-4-5-14(15(9-12)21(23)24)19-8-6-18-11-19/h4-6,8-9,11,13H,1-3,7,10,17H2. The fraction of sp³-hybridized carbons (Fsp3) is 0.375. The molecule has 1 saturated heterocycles. The highest BCUT2D eigenvalue weighted by atomic mass is 16.6. The Labute approximate surface area is 139 Å². The maximum Gasteiger partial charge on any atom is 0.294 e. The molecule has 24 heavy (non-hydrogen) atoms. The Balaban J connectivity index is 1.95. The Hall–Kier alpha value is -2.74. The summed E-state index contributed by atoms with van der Waals surface area (Å²) in [5, 5.41) is 11.4. The van der Waals surface area contributed by atoms with Crippen LogP contribution in [0.2, 0.25) is 0 Å². The van der Waals surface area contributed by atoms with E-state index in [1.54, 1.807) is 34.0 Å². The van der Waals surface area contributed by atoms with Crippen LogP contribution in [0.15, 0.2) is 36.9 Å². The van der Waals surface area contributed by atoms with E-state index in [-0.39, 0.29) is 17.6 Å². The van der Waals surface area contributed by atoms with Gasteiger partial charge in [0.2, 0.25) is 0 Å². The number of amides is 1. The van der Waals surface area contributed by atoms with Crippen LogP contribution in [0, 0.1) is 10.1 Å². The number of imidazole rings is 1. The van der Waals surface area contributed by atoms with E-state index in [1.807, 2.05) is 0 Å². The van der Waals surface area contributed by atoms with Crippen molar-refractivity contribution in [3.63, 3.8) is 0 Å². The molecule has 2 aromatic rings. The maximum atomic E-state index is 12.8. The molecule has 0 radical (unpaired) electrons. The zero-order valence-electron chi connectivity index (χ0n) is 13.2. The second kappa shape index (κ2) is 6.79. The van der Waals surface area contributed by atoms with E-state index in [0.29, 0.717) is 24.3 Å². The quantitative estimate of drug-likeness (QED) is 0.679. The highest BCUT2D eigenvalue weighted by Gasteiger charge is 2.28. The summed E-state index contributed by atoms with van der Waals surface area (Å²) in [6.45, 7) is 1.04. The number of hydrogen-bond donors (Lipinski definition) is 1. The number of nitro benzene ring substituents is 1. The van der Waals surface area contributed by atoms with Gasteiger partial charge in [0, 0.05) is 43.2 Å². The van der Waals surface area contributed by atoms with Crippen LogP contribution in [-0.4, -0.2) is 44.4 Å². The summed E-state index contributed by atoms with van der Waals surface area (Å²) in [6.07, 6.45) is 7.50. The van der Waals surface area contributed by atoms with Gasteiger partial charge in [0.1, 0.15) is 5.69 Å². The minimum Gasteiger partial charge on any atom is -0.334 e. The Morgan fingerprint density at radius 3 is 2.92 bits per heavy atom. The third-order valence-electron chi connectivity index (χ3n) is 4.36. The van der Waals surface area contributed by atoms with Gasteiger partial charge >= 0.3 is 0 Å². The van der Waals surface area contributed by atoms with Crippen molar-refractivity contribution >= 4 is 11.6 Å². The van der Waals surface area contributed by atoms with E-state index in [4.69, 9.17) is 5.73 Å². The van der Waals surface area contributed by atoms with Crippen LogP contribution in [-0.2, 0) is 0 Å². The first-order valence-corrected chi connectivity index (χ1v) is 7.89. The van der Waals surface area contributed by atoms with Gasteiger partial charge in [0.25, 0.3) is 11.6 Å². The third kappa shape index (κ3) is 3.00. The average molecular weight is 329 g/mol. The molecule has 0 bridgehead atoms. The fourth-order valence-electron chi connectivity index (χ4n) is 3.10. The van der Waals surface area contributed by atoms with Gasteiger partial charge < -0.3 is 15.2 Å². The van der Waals surface area contributed by atoms with Crippen LogP contribution >= 0.6 is 0 Å². The molecule has 0 spiro atoms. The normalized spacial score (nSPS) is 17.7. The molecule has 1 amide bonds. The van der Waals surface area contributed by atoms with Gasteiger partial charge in [-0.1, -0.05) is 0 Å². The van der Waals surface area contributed by atoms with Crippen molar-refractivity contribution in [3.8, 4) is 5.69 Å². The molecule has 8 heteroatoms. The second-order valence-electron chi connectivity index (χ2n) is 5.81. The Bertz CT molecular complexity index is 744. The molecule has 3 rings (SSSR count). The first-order chi connectivity index (χ1) is 11.6. The molecule has 1 aliphatic heterocycles. The zero-order valence-corrected chi connectivity index (χ0v) is 13.2. The number of aromatic nitrogens is 2. The summed E-state index contributed by atoms with van der Waals surface area (Å²) in [5.74, 6) is -0.203. The summed E-state index contributed by atoms with van der Waals surface area (Å²) in [6, 6.07) is 4.53. The van der Waals surface area contributed by atoms with E-state index in [2.05, 4.69) is 4.98 Å². The Kier molecular flexibility index (Phi) is 4.57. The highest BCUT2D eigenvalue weighted by molar-refractivity contribution is 5.95. The number of nitrogens with zero attached hydrogens (tertiary/aromatic N) is 4. The van der Waals surface area contributed by atoms with E-state index in [9.17, 15) is 14.9 Å². The molecular formula is C16H19N5O3. The Morgan fingerprint density at radius 1 is 1.42 bits per heavy atom. The highest BCUT2D eigenvalue weighted by Crippen LogP contribution is 2.26. The predicted octanol–water partition coefficient (Wildman–Crippen LogP) is 1.73. The fourth-order valence-corrected chi connectivity index (χ4v) is 3.10. The topological polar surface area (TPSA) is 107 Å². The van der Waals surface area contributed by atoms with Crippen molar-refractivity contribution in [2.24, 2.45) is 5.73 Å². The second-order valence-corrected chi connectivity index (χ2v) is 5.81. The van der Waals surface area contributed by atoms with Crippen LogP contribution in [0.1, 0.15) is 29.6 Å². The van der Waals surface area contributed by atoms with Gasteiger partial charge in [-0.05, 0) is 31.4 Å². The minimum atomic E-state index is -0.483. The smallest absolute Gasteiger partial charge is 0.294 e. The molecule has 1 atom stereocenters. The van der Waals surface area contributed by atoms with Crippen LogP contribution in [0.3, 0.4) is 0 Å². The molecule has 1 aromatic heterocycles. The number of piperidine rings is 1. The van der Waals surface area contributed by atoms with Crippen LogP contribution in [0.5, 0.6) is 0 Å². The number of rotatable bonds is 4. The van der Waals surface area contributed by atoms with E-state index in [0.717, 1.165) is 19.3 Å². The first-order valence-electron chi connectivity index (χ1n) is 7.89. The molecule has 0 saturated carbocycles. The SMILES string of the molecule is NCC1CCCCN1C(=O)c1ccc(-n2ccnc2)c([N+](=O)[O-])c1. The van der Waals surface area contributed by atoms with Gasteiger partial charge in [-0.25, -0.2) is 4.98 Å². The zero-order chi connectivity index (χ0) is 17.1. The molecule has 1 fully saturated rings. The molecule has 126 valence electrons. The predicted molar refractivity (Wildman–Crippen MR) is 87.9 cm³/mol. The van der Waals surface area contributed by atoms with Gasteiger partial charge in [-0.3, -0.25) is 14.9 Å². The number of benzene rings is 1. The maximum absolute atomic E-state index is 12.8. The lowest BCUT2D eigenvalue weighted by Gasteiger charge is -2.35. The molecule has 1 aliphatic rings. The summed E-state index contributed by atoms with van der Waals surface area (Å²) in [5.41, 5.74) is 6.33. The third-order valence-corrected chi connectivity index (χ3v) is 4.36. The molecular weight excluding hydrogens is 310 g/mol. The summed E-state index contributed by atoms with van der Waals surface area (Å²) >= 11 is 0. The van der Waals surface area contributed by atoms with E-state index < -0.39 is 4.92 Å².